The smallest absolute Gasteiger partial charge is 0.318 e. The molecule has 2 aliphatic rings. The molecular weight excluding hydrogens is 384 g/mol. The Balaban J connectivity index is 1.61. The number of aromatic nitrogens is 4. The van der Waals surface area contributed by atoms with Gasteiger partial charge in [0.2, 0.25) is 16.0 Å². The van der Waals surface area contributed by atoms with Crippen LogP contribution in [-0.4, -0.2) is 57.6 Å². The van der Waals surface area contributed by atoms with E-state index in [1.54, 1.807) is 0 Å². The number of sulfonamides is 1. The zero-order valence-electron chi connectivity index (χ0n) is 15.7. The number of nitrogens with one attached hydrogen (secondary N) is 2. The molecule has 3 heterocycles. The number of piperidine rings is 1. The zero-order valence-corrected chi connectivity index (χ0v) is 16.5. The molecule has 28 heavy (non-hydrogen) atoms. The fraction of sp³-hybridized carbons (Fsp3) is 0.647. The van der Waals surface area contributed by atoms with Crippen molar-refractivity contribution < 1.29 is 8.42 Å². The van der Waals surface area contributed by atoms with Gasteiger partial charge in [-0.05, 0) is 25.7 Å². The van der Waals surface area contributed by atoms with Crippen LogP contribution in [-0.2, 0) is 10.0 Å². The Morgan fingerprint density at radius 1 is 1.14 bits per heavy atom. The second-order valence-electron chi connectivity index (χ2n) is 7.58. The molecule has 1 aliphatic heterocycles. The first kappa shape index (κ1) is 19.1. The molecule has 0 amide bonds. The van der Waals surface area contributed by atoms with Crippen LogP contribution in [0, 0.1) is 0 Å². The molecule has 0 bridgehead atoms. The van der Waals surface area contributed by atoms with Gasteiger partial charge in [0.15, 0.2) is 5.65 Å². The predicted octanol–water partition coefficient (Wildman–Crippen LogP) is 0.431. The quantitative estimate of drug-likeness (QED) is 0.702. The topological polar surface area (TPSA) is 130 Å². The first-order valence-electron chi connectivity index (χ1n) is 9.56. The lowest BCUT2D eigenvalue weighted by molar-refractivity contribution is 0.331. The van der Waals surface area contributed by atoms with E-state index in [0.717, 1.165) is 25.7 Å². The fourth-order valence-electron chi connectivity index (χ4n) is 4.11. The van der Waals surface area contributed by atoms with Gasteiger partial charge in [0, 0.05) is 25.2 Å². The molecule has 2 aromatic rings. The van der Waals surface area contributed by atoms with Crippen LogP contribution in [0.5, 0.6) is 0 Å². The number of aromatic amines is 1. The summed E-state index contributed by atoms with van der Waals surface area (Å²) in [5, 5.41) is 3.25. The van der Waals surface area contributed by atoms with Gasteiger partial charge in [-0.25, -0.2) is 17.7 Å². The first-order chi connectivity index (χ1) is 13.3. The maximum Gasteiger partial charge on any atom is 0.318 e. The van der Waals surface area contributed by atoms with Gasteiger partial charge in [-0.2, -0.15) is 4.98 Å². The van der Waals surface area contributed by atoms with Crippen molar-refractivity contribution in [3.05, 3.63) is 26.9 Å². The van der Waals surface area contributed by atoms with Gasteiger partial charge in [-0.3, -0.25) is 14.2 Å². The molecule has 0 radical (unpaired) electrons. The largest absolute Gasteiger partial charge is 0.351 e. The molecule has 0 spiro atoms. The number of rotatable bonds is 4. The molecule has 0 atom stereocenters. The van der Waals surface area contributed by atoms with Crippen molar-refractivity contribution in [3.8, 4) is 0 Å². The van der Waals surface area contributed by atoms with E-state index in [4.69, 9.17) is 0 Å². The summed E-state index contributed by atoms with van der Waals surface area (Å²) in [5.41, 5.74) is -0.362. The van der Waals surface area contributed by atoms with Gasteiger partial charge < -0.3 is 10.3 Å². The lowest BCUT2D eigenvalue weighted by Crippen LogP contribution is -2.42. The van der Waals surface area contributed by atoms with Crippen molar-refractivity contribution in [2.24, 2.45) is 0 Å². The summed E-state index contributed by atoms with van der Waals surface area (Å²) in [5.74, 6) is 0.378. The van der Waals surface area contributed by atoms with Crippen molar-refractivity contribution in [2.45, 2.75) is 50.6 Å². The number of fused-ring (bicyclic) bond motifs is 1. The third kappa shape index (κ3) is 3.68. The molecule has 0 unspecified atom stereocenters. The Morgan fingerprint density at radius 2 is 1.82 bits per heavy atom. The van der Waals surface area contributed by atoms with Gasteiger partial charge in [0.05, 0.1) is 12.5 Å². The molecule has 0 aromatic carbocycles. The third-order valence-corrected chi connectivity index (χ3v) is 6.91. The molecule has 1 aliphatic carbocycles. The van der Waals surface area contributed by atoms with E-state index in [1.165, 1.54) is 21.3 Å². The van der Waals surface area contributed by atoms with E-state index >= 15 is 0 Å². The minimum Gasteiger partial charge on any atom is -0.351 e. The summed E-state index contributed by atoms with van der Waals surface area (Å²) in [4.78, 5) is 35.8. The summed E-state index contributed by atoms with van der Waals surface area (Å²) in [6, 6.07) is 0.0305. The van der Waals surface area contributed by atoms with Crippen LogP contribution in [0.2, 0.25) is 0 Å². The second kappa shape index (κ2) is 7.28. The molecule has 152 valence electrons. The number of anilines is 1. The van der Waals surface area contributed by atoms with E-state index in [2.05, 4.69) is 20.3 Å². The maximum absolute atomic E-state index is 12.5. The summed E-state index contributed by atoms with van der Waals surface area (Å²) < 4.78 is 26.3. The van der Waals surface area contributed by atoms with Crippen LogP contribution in [0.1, 0.15) is 44.6 Å². The third-order valence-electron chi connectivity index (χ3n) is 5.60. The van der Waals surface area contributed by atoms with Crippen LogP contribution in [0.3, 0.4) is 0 Å². The van der Waals surface area contributed by atoms with E-state index in [9.17, 15) is 18.0 Å². The van der Waals surface area contributed by atoms with Gasteiger partial charge in [-0.1, -0.05) is 12.8 Å². The normalized spacial score (nSPS) is 20.0. The molecule has 2 aromatic heterocycles. The number of hydrogen-bond acceptors (Lipinski definition) is 7. The standard InChI is InChI=1S/C17H24N6O4S/c1-28(26,27)22-8-6-11(7-9-22)19-17-18-10-13-14(21-17)23(12-4-2-3-5-12)16(25)15(24)20-13/h10-12H,2-9H2,1H3,(H,20,24)(H,18,19,21). The Labute approximate surface area is 162 Å². The molecular formula is C17H24N6O4S. The summed E-state index contributed by atoms with van der Waals surface area (Å²) >= 11 is 0. The van der Waals surface area contributed by atoms with Crippen molar-refractivity contribution in [1.82, 2.24) is 23.8 Å². The van der Waals surface area contributed by atoms with E-state index in [1.807, 2.05) is 0 Å². The van der Waals surface area contributed by atoms with E-state index in [0.29, 0.717) is 43.0 Å². The summed E-state index contributed by atoms with van der Waals surface area (Å²) in [6.45, 7) is 0.897. The average molecular weight is 408 g/mol. The van der Waals surface area contributed by atoms with Crippen LogP contribution in [0.15, 0.2) is 15.8 Å². The molecule has 2 fully saturated rings. The second-order valence-corrected chi connectivity index (χ2v) is 9.56. The molecule has 4 rings (SSSR count). The van der Waals surface area contributed by atoms with E-state index in [-0.39, 0.29) is 12.1 Å². The SMILES string of the molecule is CS(=O)(=O)N1CCC(Nc2ncc3[nH]c(=O)c(=O)n(C4CCCC4)c3n2)CC1. The molecule has 1 saturated carbocycles. The lowest BCUT2D eigenvalue weighted by atomic mass is 10.1. The number of hydrogen-bond donors (Lipinski definition) is 2. The van der Waals surface area contributed by atoms with Gasteiger partial charge >= 0.3 is 11.1 Å². The molecule has 10 nitrogen and oxygen atoms in total. The summed E-state index contributed by atoms with van der Waals surface area (Å²) in [7, 11) is -3.17. The van der Waals surface area contributed by atoms with Crippen LogP contribution < -0.4 is 16.4 Å². The average Bonchev–Trinajstić information content (AvgIpc) is 3.17. The maximum atomic E-state index is 12.5. The number of nitrogens with zero attached hydrogens (tertiary/aromatic N) is 4. The highest BCUT2D eigenvalue weighted by molar-refractivity contribution is 7.88. The van der Waals surface area contributed by atoms with Crippen molar-refractivity contribution in [3.63, 3.8) is 0 Å². The molecule has 1 saturated heterocycles. The summed E-state index contributed by atoms with van der Waals surface area (Å²) in [6.07, 6.45) is 7.80. The highest BCUT2D eigenvalue weighted by Crippen LogP contribution is 2.29. The Kier molecular flexibility index (Phi) is 4.96. The minimum atomic E-state index is -3.17. The molecule has 11 heteroatoms. The van der Waals surface area contributed by atoms with Gasteiger partial charge in [0.25, 0.3) is 0 Å². The monoisotopic (exact) mass is 408 g/mol. The molecule has 2 N–H and O–H groups in total. The van der Waals surface area contributed by atoms with Crippen molar-refractivity contribution in [1.29, 1.82) is 0 Å². The van der Waals surface area contributed by atoms with Gasteiger partial charge in [-0.15, -0.1) is 0 Å². The van der Waals surface area contributed by atoms with Crippen LogP contribution in [0.25, 0.3) is 11.2 Å². The van der Waals surface area contributed by atoms with Crippen molar-refractivity contribution >= 4 is 27.1 Å². The van der Waals surface area contributed by atoms with Crippen molar-refractivity contribution in [2.75, 3.05) is 24.7 Å². The fourth-order valence-corrected chi connectivity index (χ4v) is 4.99. The Hall–Kier alpha value is -2.27. The lowest BCUT2D eigenvalue weighted by Gasteiger charge is -2.30. The number of H-pyrrole nitrogens is 1. The van der Waals surface area contributed by atoms with E-state index < -0.39 is 21.1 Å². The first-order valence-corrected chi connectivity index (χ1v) is 11.4. The highest BCUT2D eigenvalue weighted by Gasteiger charge is 2.26. The van der Waals surface area contributed by atoms with Crippen LogP contribution >= 0.6 is 0 Å². The Bertz CT molecular complexity index is 1090. The zero-order chi connectivity index (χ0) is 19.9. The van der Waals surface area contributed by atoms with Crippen LogP contribution in [0.4, 0.5) is 5.95 Å². The minimum absolute atomic E-state index is 0.0157. The Morgan fingerprint density at radius 3 is 2.46 bits per heavy atom. The predicted molar refractivity (Wildman–Crippen MR) is 105 cm³/mol. The van der Waals surface area contributed by atoms with Gasteiger partial charge in [0.1, 0.15) is 5.52 Å². The highest BCUT2D eigenvalue weighted by atomic mass is 32.2.